The maximum absolute atomic E-state index is 11.4. The Hall–Kier alpha value is -2.49. The van der Waals surface area contributed by atoms with E-state index in [0.717, 1.165) is 24.3 Å². The molecule has 1 atom stereocenters. The summed E-state index contributed by atoms with van der Waals surface area (Å²) < 4.78 is 0. The lowest BCUT2D eigenvalue weighted by atomic mass is 9.93. The zero-order valence-corrected chi connectivity index (χ0v) is 12.0. The molecule has 1 amide bonds. The van der Waals surface area contributed by atoms with Gasteiger partial charge in [0, 0.05) is 17.8 Å². The van der Waals surface area contributed by atoms with Gasteiger partial charge in [0.05, 0.1) is 11.4 Å². The van der Waals surface area contributed by atoms with Crippen molar-refractivity contribution < 1.29 is 4.79 Å². The Labute approximate surface area is 124 Å². The van der Waals surface area contributed by atoms with Crippen molar-refractivity contribution in [1.29, 1.82) is 0 Å². The van der Waals surface area contributed by atoms with Gasteiger partial charge in [0.2, 0.25) is 5.91 Å². The van der Waals surface area contributed by atoms with Crippen LogP contribution in [0.2, 0.25) is 0 Å². The van der Waals surface area contributed by atoms with Crippen molar-refractivity contribution in [3.63, 3.8) is 0 Å². The van der Waals surface area contributed by atoms with E-state index in [-0.39, 0.29) is 0 Å². The van der Waals surface area contributed by atoms with E-state index in [2.05, 4.69) is 30.0 Å². The van der Waals surface area contributed by atoms with Crippen molar-refractivity contribution in [1.82, 2.24) is 0 Å². The first-order valence-corrected chi connectivity index (χ1v) is 7.11. The molecule has 0 saturated heterocycles. The van der Waals surface area contributed by atoms with Crippen molar-refractivity contribution in [2.24, 2.45) is 11.7 Å². The molecule has 1 aliphatic heterocycles. The van der Waals surface area contributed by atoms with Crippen LogP contribution in [-0.2, 0) is 6.42 Å². The predicted octanol–water partition coefficient (Wildman–Crippen LogP) is 2.70. The highest BCUT2D eigenvalue weighted by atomic mass is 16.1. The van der Waals surface area contributed by atoms with Crippen LogP contribution >= 0.6 is 0 Å². The molecule has 0 bridgehead atoms. The van der Waals surface area contributed by atoms with E-state index < -0.39 is 5.91 Å². The van der Waals surface area contributed by atoms with Crippen molar-refractivity contribution in [2.75, 3.05) is 17.2 Å². The molecule has 0 aromatic heterocycles. The van der Waals surface area contributed by atoms with Gasteiger partial charge in [-0.3, -0.25) is 4.79 Å². The molecule has 4 nitrogen and oxygen atoms in total. The van der Waals surface area contributed by atoms with Gasteiger partial charge in [-0.25, -0.2) is 0 Å². The Bertz CT molecular complexity index is 696. The third-order valence-corrected chi connectivity index (χ3v) is 3.95. The summed E-state index contributed by atoms with van der Waals surface area (Å²) in [6, 6.07) is 13.5. The van der Waals surface area contributed by atoms with E-state index in [4.69, 9.17) is 11.5 Å². The maximum atomic E-state index is 11.4. The van der Waals surface area contributed by atoms with Crippen molar-refractivity contribution in [3.05, 3.63) is 53.6 Å². The van der Waals surface area contributed by atoms with Gasteiger partial charge in [-0.05, 0) is 42.2 Å². The SMILES string of the molecule is CC1Cc2ccccc2N(c2cc(C(N)=O)ccc2N)C1. The number of hydrogen-bond acceptors (Lipinski definition) is 3. The number of carbonyl (C=O) groups excluding carboxylic acids is 1. The highest BCUT2D eigenvalue weighted by Gasteiger charge is 2.24. The number of fused-ring (bicyclic) bond motifs is 1. The van der Waals surface area contributed by atoms with Crippen LogP contribution in [0.25, 0.3) is 0 Å². The zero-order chi connectivity index (χ0) is 15.0. The lowest BCUT2D eigenvalue weighted by Gasteiger charge is -2.35. The van der Waals surface area contributed by atoms with Crippen LogP contribution in [0.4, 0.5) is 17.1 Å². The van der Waals surface area contributed by atoms with Crippen LogP contribution in [0.5, 0.6) is 0 Å². The highest BCUT2D eigenvalue weighted by Crippen LogP contribution is 2.38. The summed E-state index contributed by atoms with van der Waals surface area (Å²) in [5.74, 6) is 0.0890. The fraction of sp³-hybridized carbons (Fsp3) is 0.235. The Morgan fingerprint density at radius 2 is 1.95 bits per heavy atom. The molecule has 2 aromatic carbocycles. The average molecular weight is 281 g/mol. The zero-order valence-electron chi connectivity index (χ0n) is 12.0. The summed E-state index contributed by atoms with van der Waals surface area (Å²) in [4.78, 5) is 13.6. The van der Waals surface area contributed by atoms with E-state index in [1.165, 1.54) is 5.56 Å². The number of rotatable bonds is 2. The van der Waals surface area contributed by atoms with Gasteiger partial charge >= 0.3 is 0 Å². The third-order valence-electron chi connectivity index (χ3n) is 3.95. The first-order valence-electron chi connectivity index (χ1n) is 7.11. The number of nitrogens with zero attached hydrogens (tertiary/aromatic N) is 1. The topological polar surface area (TPSA) is 72.3 Å². The number of para-hydroxylation sites is 1. The van der Waals surface area contributed by atoms with Gasteiger partial charge in [0.1, 0.15) is 0 Å². The monoisotopic (exact) mass is 281 g/mol. The largest absolute Gasteiger partial charge is 0.397 e. The lowest BCUT2D eigenvalue weighted by Crippen LogP contribution is -2.31. The van der Waals surface area contributed by atoms with Crippen molar-refractivity contribution in [3.8, 4) is 0 Å². The molecule has 0 radical (unpaired) electrons. The second kappa shape index (κ2) is 5.13. The van der Waals surface area contributed by atoms with Crippen LogP contribution in [0.1, 0.15) is 22.8 Å². The number of anilines is 3. The molecule has 1 heterocycles. The molecule has 0 fully saturated rings. The van der Waals surface area contributed by atoms with Gasteiger partial charge in [0.25, 0.3) is 0 Å². The first-order chi connectivity index (χ1) is 10.1. The highest BCUT2D eigenvalue weighted by molar-refractivity contribution is 5.95. The molecule has 4 N–H and O–H groups in total. The molecule has 0 aliphatic carbocycles. The fourth-order valence-electron chi connectivity index (χ4n) is 2.96. The number of nitrogen functional groups attached to an aromatic ring is 1. The Morgan fingerprint density at radius 3 is 2.71 bits per heavy atom. The fourth-order valence-corrected chi connectivity index (χ4v) is 2.96. The summed E-state index contributed by atoms with van der Waals surface area (Å²) in [6.45, 7) is 3.10. The molecular weight excluding hydrogens is 262 g/mol. The molecule has 1 unspecified atom stereocenters. The second-order valence-corrected chi connectivity index (χ2v) is 5.69. The summed E-state index contributed by atoms with van der Waals surface area (Å²) in [7, 11) is 0. The Balaban J connectivity index is 2.12. The quantitative estimate of drug-likeness (QED) is 0.831. The van der Waals surface area contributed by atoms with E-state index in [9.17, 15) is 4.79 Å². The maximum Gasteiger partial charge on any atom is 0.248 e. The second-order valence-electron chi connectivity index (χ2n) is 5.69. The Morgan fingerprint density at radius 1 is 1.19 bits per heavy atom. The number of nitrogens with two attached hydrogens (primary N) is 2. The number of carbonyl (C=O) groups is 1. The average Bonchev–Trinajstić information content (AvgIpc) is 2.46. The molecule has 0 saturated carbocycles. The lowest BCUT2D eigenvalue weighted by molar-refractivity contribution is 0.100. The summed E-state index contributed by atoms with van der Waals surface area (Å²) in [5.41, 5.74) is 16.0. The van der Waals surface area contributed by atoms with E-state index in [1.807, 2.05) is 6.07 Å². The van der Waals surface area contributed by atoms with Gasteiger partial charge in [0.15, 0.2) is 0 Å². The summed E-state index contributed by atoms with van der Waals surface area (Å²) in [6.07, 6.45) is 1.06. The molecule has 2 aromatic rings. The predicted molar refractivity (Wildman–Crippen MR) is 85.7 cm³/mol. The molecule has 21 heavy (non-hydrogen) atoms. The van der Waals surface area contributed by atoms with Crippen LogP contribution < -0.4 is 16.4 Å². The van der Waals surface area contributed by atoms with Crippen LogP contribution in [0.15, 0.2) is 42.5 Å². The number of primary amides is 1. The minimum Gasteiger partial charge on any atom is -0.397 e. The molecule has 108 valence electrons. The minimum absolute atomic E-state index is 0.436. The van der Waals surface area contributed by atoms with E-state index >= 15 is 0 Å². The van der Waals surface area contributed by atoms with E-state index in [0.29, 0.717) is 17.2 Å². The smallest absolute Gasteiger partial charge is 0.248 e. The van der Waals surface area contributed by atoms with E-state index in [1.54, 1.807) is 18.2 Å². The van der Waals surface area contributed by atoms with Gasteiger partial charge in [-0.2, -0.15) is 0 Å². The number of benzene rings is 2. The molecular formula is C17H19N3O. The molecule has 3 rings (SSSR count). The van der Waals surface area contributed by atoms with Gasteiger partial charge < -0.3 is 16.4 Å². The summed E-state index contributed by atoms with van der Waals surface area (Å²) in [5, 5.41) is 0. The van der Waals surface area contributed by atoms with Crippen molar-refractivity contribution in [2.45, 2.75) is 13.3 Å². The Kier molecular flexibility index (Phi) is 3.29. The minimum atomic E-state index is -0.436. The third kappa shape index (κ3) is 2.44. The molecule has 1 aliphatic rings. The van der Waals surface area contributed by atoms with Crippen molar-refractivity contribution >= 4 is 23.0 Å². The first kappa shape index (κ1) is 13.5. The normalized spacial score (nSPS) is 17.4. The van der Waals surface area contributed by atoms with Gasteiger partial charge in [-0.15, -0.1) is 0 Å². The number of hydrogen-bond donors (Lipinski definition) is 2. The molecule has 0 spiro atoms. The standard InChI is InChI=1S/C17H19N3O/c1-11-8-12-4-2-3-5-15(12)20(10-11)16-9-13(17(19)21)6-7-14(16)18/h2-7,9,11H,8,10,18H2,1H3,(H2,19,21). The number of amides is 1. The van der Waals surface area contributed by atoms with Crippen LogP contribution in [0.3, 0.4) is 0 Å². The van der Waals surface area contributed by atoms with Crippen LogP contribution in [0, 0.1) is 5.92 Å². The van der Waals surface area contributed by atoms with Crippen LogP contribution in [-0.4, -0.2) is 12.5 Å². The molecule has 4 heteroatoms. The summed E-state index contributed by atoms with van der Waals surface area (Å²) >= 11 is 0. The van der Waals surface area contributed by atoms with Gasteiger partial charge in [-0.1, -0.05) is 25.1 Å².